The first-order chi connectivity index (χ1) is 9.00. The van der Waals surface area contributed by atoms with E-state index >= 15 is 0 Å². The molecule has 3 nitrogen and oxygen atoms in total. The predicted octanol–water partition coefficient (Wildman–Crippen LogP) is 2.23. The van der Waals surface area contributed by atoms with Gasteiger partial charge in [-0.15, -0.1) is 0 Å². The lowest BCUT2D eigenvalue weighted by atomic mass is 9.83. The van der Waals surface area contributed by atoms with Crippen LogP contribution in [0.25, 0.3) is 0 Å². The molecule has 104 valence electrons. The number of hydrogen-bond acceptors (Lipinski definition) is 2. The summed E-state index contributed by atoms with van der Waals surface area (Å²) in [6.07, 6.45) is 2.02. The van der Waals surface area contributed by atoms with Gasteiger partial charge >= 0.3 is 0 Å². The Morgan fingerprint density at radius 1 is 1.32 bits per heavy atom. The molecule has 0 bridgehead atoms. The highest BCUT2D eigenvalue weighted by molar-refractivity contribution is 5.81. The van der Waals surface area contributed by atoms with Gasteiger partial charge in [0.05, 0.1) is 6.04 Å². The molecule has 1 aromatic carbocycles. The number of carbonyl (C=O) groups is 1. The second-order valence-electron chi connectivity index (χ2n) is 5.75. The molecule has 0 saturated carbocycles. The molecule has 1 saturated heterocycles. The van der Waals surface area contributed by atoms with Crippen LogP contribution in [-0.2, 0) is 4.79 Å². The molecule has 2 rings (SSSR count). The van der Waals surface area contributed by atoms with E-state index in [0.29, 0.717) is 5.92 Å². The molecule has 0 spiro atoms. The summed E-state index contributed by atoms with van der Waals surface area (Å²) in [7, 11) is 3.65. The minimum Gasteiger partial charge on any atom is -0.347 e. The van der Waals surface area contributed by atoms with Crippen LogP contribution in [0.1, 0.15) is 35.4 Å². The first-order valence-corrected chi connectivity index (χ1v) is 7.01. The van der Waals surface area contributed by atoms with E-state index < -0.39 is 0 Å². The molecule has 0 aromatic heterocycles. The number of likely N-dealkylation sites (N-methyl/N-ethyl adjacent to an activating group) is 1. The highest BCUT2D eigenvalue weighted by atomic mass is 16.2. The van der Waals surface area contributed by atoms with Gasteiger partial charge in [-0.05, 0) is 55.8 Å². The molecular formula is C16H24N2O. The molecule has 0 radical (unpaired) electrons. The van der Waals surface area contributed by atoms with Gasteiger partial charge in [0.1, 0.15) is 0 Å². The average Bonchev–Trinajstić information content (AvgIpc) is 2.41. The van der Waals surface area contributed by atoms with Crippen molar-refractivity contribution in [2.24, 2.45) is 0 Å². The van der Waals surface area contributed by atoms with Crippen LogP contribution in [0.4, 0.5) is 0 Å². The zero-order valence-electron chi connectivity index (χ0n) is 12.4. The van der Waals surface area contributed by atoms with E-state index in [9.17, 15) is 4.79 Å². The van der Waals surface area contributed by atoms with Crippen LogP contribution in [0, 0.1) is 13.8 Å². The van der Waals surface area contributed by atoms with E-state index in [1.54, 1.807) is 4.90 Å². The van der Waals surface area contributed by atoms with Crippen molar-refractivity contribution in [2.45, 2.75) is 38.6 Å². The molecule has 2 unspecified atom stereocenters. The van der Waals surface area contributed by atoms with Gasteiger partial charge in [0.2, 0.25) is 5.91 Å². The van der Waals surface area contributed by atoms with E-state index in [1.165, 1.54) is 16.7 Å². The van der Waals surface area contributed by atoms with Crippen LogP contribution >= 0.6 is 0 Å². The van der Waals surface area contributed by atoms with Crippen molar-refractivity contribution in [2.75, 3.05) is 20.6 Å². The lowest BCUT2D eigenvalue weighted by Gasteiger charge is -2.32. The number of piperidine rings is 1. The fraction of sp³-hybridized carbons (Fsp3) is 0.562. The number of benzene rings is 1. The summed E-state index contributed by atoms with van der Waals surface area (Å²) in [5.74, 6) is 0.685. The summed E-state index contributed by atoms with van der Waals surface area (Å²) in [5, 5.41) is 3.34. The zero-order valence-corrected chi connectivity index (χ0v) is 12.4. The van der Waals surface area contributed by atoms with Gasteiger partial charge in [-0.1, -0.05) is 18.2 Å². The molecule has 1 fully saturated rings. The fourth-order valence-corrected chi connectivity index (χ4v) is 2.92. The second-order valence-corrected chi connectivity index (χ2v) is 5.75. The van der Waals surface area contributed by atoms with Crippen LogP contribution in [-0.4, -0.2) is 37.5 Å². The SMILES string of the molecule is Cc1cccc(C2CCNC(C(=O)N(C)C)C2)c1C. The number of carbonyl (C=O) groups excluding carboxylic acids is 1. The van der Waals surface area contributed by atoms with E-state index in [-0.39, 0.29) is 11.9 Å². The van der Waals surface area contributed by atoms with Crippen molar-refractivity contribution >= 4 is 5.91 Å². The van der Waals surface area contributed by atoms with Gasteiger partial charge in [0.15, 0.2) is 0 Å². The Labute approximate surface area is 116 Å². The third-order valence-corrected chi connectivity index (χ3v) is 4.23. The van der Waals surface area contributed by atoms with E-state index in [4.69, 9.17) is 0 Å². The molecule has 1 aromatic rings. The average molecular weight is 260 g/mol. The first kappa shape index (κ1) is 14.1. The number of hydrogen-bond donors (Lipinski definition) is 1. The summed E-state index contributed by atoms with van der Waals surface area (Å²) in [5.41, 5.74) is 4.13. The largest absolute Gasteiger partial charge is 0.347 e. The lowest BCUT2D eigenvalue weighted by molar-refractivity contribution is -0.131. The summed E-state index contributed by atoms with van der Waals surface area (Å²) in [6, 6.07) is 6.47. The Morgan fingerprint density at radius 3 is 2.74 bits per heavy atom. The number of rotatable bonds is 2. The Kier molecular flexibility index (Phi) is 4.25. The Hall–Kier alpha value is -1.35. The summed E-state index contributed by atoms with van der Waals surface area (Å²) in [6.45, 7) is 5.26. The Balaban J connectivity index is 2.17. The second kappa shape index (κ2) is 5.74. The van der Waals surface area contributed by atoms with Crippen LogP contribution in [0.3, 0.4) is 0 Å². The maximum Gasteiger partial charge on any atom is 0.239 e. The minimum absolute atomic E-state index is 0.0336. The van der Waals surface area contributed by atoms with Gasteiger partial charge in [0, 0.05) is 14.1 Å². The molecule has 1 aliphatic heterocycles. The van der Waals surface area contributed by atoms with E-state index in [1.807, 2.05) is 14.1 Å². The standard InChI is InChI=1S/C16H24N2O/c1-11-6-5-7-14(12(11)2)13-8-9-17-15(10-13)16(19)18(3)4/h5-7,13,15,17H,8-10H2,1-4H3. The maximum atomic E-state index is 12.1. The van der Waals surface area contributed by atoms with Crippen LogP contribution in [0.15, 0.2) is 18.2 Å². The third kappa shape index (κ3) is 2.98. The highest BCUT2D eigenvalue weighted by Gasteiger charge is 2.29. The molecule has 1 N–H and O–H groups in total. The number of amides is 1. The van der Waals surface area contributed by atoms with Crippen LogP contribution in [0.5, 0.6) is 0 Å². The van der Waals surface area contributed by atoms with E-state index in [0.717, 1.165) is 19.4 Å². The zero-order chi connectivity index (χ0) is 14.0. The van der Waals surface area contributed by atoms with Gasteiger partial charge in [-0.2, -0.15) is 0 Å². The number of aryl methyl sites for hydroxylation is 1. The van der Waals surface area contributed by atoms with Crippen molar-refractivity contribution in [1.82, 2.24) is 10.2 Å². The summed E-state index contributed by atoms with van der Waals surface area (Å²) in [4.78, 5) is 13.8. The van der Waals surface area contributed by atoms with Gasteiger partial charge < -0.3 is 10.2 Å². The lowest BCUT2D eigenvalue weighted by Crippen LogP contribution is -2.47. The van der Waals surface area contributed by atoms with Crippen molar-refractivity contribution in [3.63, 3.8) is 0 Å². The molecule has 1 heterocycles. The molecule has 0 aliphatic carbocycles. The number of nitrogens with zero attached hydrogens (tertiary/aromatic N) is 1. The molecular weight excluding hydrogens is 236 g/mol. The smallest absolute Gasteiger partial charge is 0.239 e. The third-order valence-electron chi connectivity index (χ3n) is 4.23. The molecule has 3 heteroatoms. The Bertz CT molecular complexity index is 468. The quantitative estimate of drug-likeness (QED) is 0.884. The predicted molar refractivity (Wildman–Crippen MR) is 78.4 cm³/mol. The van der Waals surface area contributed by atoms with Gasteiger partial charge in [-0.3, -0.25) is 4.79 Å². The van der Waals surface area contributed by atoms with Crippen molar-refractivity contribution in [3.8, 4) is 0 Å². The van der Waals surface area contributed by atoms with Crippen molar-refractivity contribution in [3.05, 3.63) is 34.9 Å². The van der Waals surface area contributed by atoms with Gasteiger partial charge in [0.25, 0.3) is 0 Å². The van der Waals surface area contributed by atoms with Crippen LogP contribution < -0.4 is 5.32 Å². The van der Waals surface area contributed by atoms with Crippen LogP contribution in [0.2, 0.25) is 0 Å². The minimum atomic E-state index is -0.0336. The topological polar surface area (TPSA) is 32.3 Å². The number of nitrogens with one attached hydrogen (secondary N) is 1. The normalized spacial score (nSPS) is 23.2. The van der Waals surface area contributed by atoms with Gasteiger partial charge in [-0.25, -0.2) is 0 Å². The molecule has 1 aliphatic rings. The van der Waals surface area contributed by atoms with Crippen molar-refractivity contribution < 1.29 is 4.79 Å². The summed E-state index contributed by atoms with van der Waals surface area (Å²) < 4.78 is 0. The molecule has 1 amide bonds. The molecule has 2 atom stereocenters. The first-order valence-electron chi connectivity index (χ1n) is 7.01. The molecule has 19 heavy (non-hydrogen) atoms. The van der Waals surface area contributed by atoms with E-state index in [2.05, 4.69) is 37.4 Å². The fourth-order valence-electron chi connectivity index (χ4n) is 2.92. The monoisotopic (exact) mass is 260 g/mol. The Morgan fingerprint density at radius 2 is 2.05 bits per heavy atom. The highest BCUT2D eigenvalue weighted by Crippen LogP contribution is 2.31. The maximum absolute atomic E-state index is 12.1. The van der Waals surface area contributed by atoms with Crippen molar-refractivity contribution in [1.29, 1.82) is 0 Å². The summed E-state index contributed by atoms with van der Waals surface area (Å²) >= 11 is 0.